The molecule has 0 saturated heterocycles. The van der Waals surface area contributed by atoms with Gasteiger partial charge in [0.25, 0.3) is 0 Å². The van der Waals surface area contributed by atoms with Gasteiger partial charge in [-0.1, -0.05) is 42.0 Å². The molecule has 0 aliphatic heterocycles. The zero-order valence-corrected chi connectivity index (χ0v) is 11.5. The first-order chi connectivity index (χ1) is 9.16. The van der Waals surface area contributed by atoms with E-state index in [4.69, 9.17) is 0 Å². The van der Waals surface area contributed by atoms with E-state index in [0.29, 0.717) is 0 Å². The minimum absolute atomic E-state index is 0.115. The number of hydrogen-bond acceptors (Lipinski definition) is 1. The third kappa shape index (κ3) is 3.90. The Morgan fingerprint density at radius 2 is 1.79 bits per heavy atom. The van der Waals surface area contributed by atoms with Crippen molar-refractivity contribution >= 4 is 0 Å². The van der Waals surface area contributed by atoms with E-state index in [1.54, 1.807) is 6.07 Å². The van der Waals surface area contributed by atoms with E-state index < -0.39 is 0 Å². The van der Waals surface area contributed by atoms with Gasteiger partial charge in [-0.2, -0.15) is 0 Å². The first-order valence-corrected chi connectivity index (χ1v) is 6.67. The molecule has 2 aromatic rings. The lowest BCUT2D eigenvalue weighted by atomic mass is 10.1. The number of rotatable bonds is 5. The van der Waals surface area contributed by atoms with Crippen molar-refractivity contribution in [2.24, 2.45) is 0 Å². The largest absolute Gasteiger partial charge is 0.312 e. The standard InChI is InChI=1S/C17H20FN/c1-13-7-8-16(14(2)11-13)12-19-10-9-15-5-3-4-6-17(15)18/h3-8,11,19H,9-10,12H2,1-2H3. The summed E-state index contributed by atoms with van der Waals surface area (Å²) in [7, 11) is 0. The fraction of sp³-hybridized carbons (Fsp3) is 0.294. The van der Waals surface area contributed by atoms with Gasteiger partial charge in [0.15, 0.2) is 0 Å². The Balaban J connectivity index is 1.83. The van der Waals surface area contributed by atoms with Gasteiger partial charge in [0, 0.05) is 6.54 Å². The first-order valence-electron chi connectivity index (χ1n) is 6.67. The molecular weight excluding hydrogens is 237 g/mol. The van der Waals surface area contributed by atoms with Gasteiger partial charge in [0.1, 0.15) is 5.82 Å². The third-order valence-electron chi connectivity index (χ3n) is 3.34. The maximum atomic E-state index is 13.4. The molecule has 0 unspecified atom stereocenters. The van der Waals surface area contributed by atoms with Gasteiger partial charge in [0.2, 0.25) is 0 Å². The van der Waals surface area contributed by atoms with Crippen molar-refractivity contribution in [2.75, 3.05) is 6.54 Å². The average Bonchev–Trinajstić information content (AvgIpc) is 2.38. The van der Waals surface area contributed by atoms with Gasteiger partial charge in [-0.05, 0) is 49.6 Å². The maximum Gasteiger partial charge on any atom is 0.126 e. The van der Waals surface area contributed by atoms with Crippen LogP contribution in [0, 0.1) is 19.7 Å². The van der Waals surface area contributed by atoms with Crippen LogP contribution in [0.25, 0.3) is 0 Å². The van der Waals surface area contributed by atoms with Crippen LogP contribution in [-0.4, -0.2) is 6.54 Å². The van der Waals surface area contributed by atoms with Gasteiger partial charge in [0.05, 0.1) is 0 Å². The molecule has 1 nitrogen and oxygen atoms in total. The molecule has 0 atom stereocenters. The van der Waals surface area contributed by atoms with Gasteiger partial charge in [-0.25, -0.2) is 4.39 Å². The predicted molar refractivity (Wildman–Crippen MR) is 77.7 cm³/mol. The van der Waals surface area contributed by atoms with Crippen LogP contribution in [0.5, 0.6) is 0 Å². The van der Waals surface area contributed by atoms with Crippen LogP contribution in [0.3, 0.4) is 0 Å². The highest BCUT2D eigenvalue weighted by Crippen LogP contribution is 2.10. The molecule has 1 N–H and O–H groups in total. The lowest BCUT2D eigenvalue weighted by Crippen LogP contribution is -2.17. The van der Waals surface area contributed by atoms with Crippen LogP contribution in [0.1, 0.15) is 22.3 Å². The fourth-order valence-electron chi connectivity index (χ4n) is 2.19. The van der Waals surface area contributed by atoms with Crippen molar-refractivity contribution in [1.29, 1.82) is 0 Å². The molecule has 0 spiro atoms. The molecule has 0 aliphatic carbocycles. The Morgan fingerprint density at radius 1 is 1.00 bits per heavy atom. The topological polar surface area (TPSA) is 12.0 Å². The van der Waals surface area contributed by atoms with E-state index >= 15 is 0 Å². The SMILES string of the molecule is Cc1ccc(CNCCc2ccccc2F)c(C)c1. The van der Waals surface area contributed by atoms with E-state index in [1.807, 2.05) is 12.1 Å². The van der Waals surface area contributed by atoms with Gasteiger partial charge in [-0.15, -0.1) is 0 Å². The van der Waals surface area contributed by atoms with Crippen LogP contribution >= 0.6 is 0 Å². The summed E-state index contributed by atoms with van der Waals surface area (Å²) in [4.78, 5) is 0. The predicted octanol–water partition coefficient (Wildman–Crippen LogP) is 3.77. The molecule has 19 heavy (non-hydrogen) atoms. The quantitative estimate of drug-likeness (QED) is 0.804. The molecule has 2 aromatic carbocycles. The van der Waals surface area contributed by atoms with Crippen molar-refractivity contribution in [3.05, 3.63) is 70.5 Å². The minimum Gasteiger partial charge on any atom is -0.312 e. The Labute approximate surface area is 114 Å². The second-order valence-corrected chi connectivity index (χ2v) is 4.95. The molecule has 0 saturated carbocycles. The summed E-state index contributed by atoms with van der Waals surface area (Å²) in [6.07, 6.45) is 0.720. The summed E-state index contributed by atoms with van der Waals surface area (Å²) in [6, 6.07) is 13.4. The van der Waals surface area contributed by atoms with E-state index in [0.717, 1.165) is 25.1 Å². The molecule has 0 radical (unpaired) electrons. The highest BCUT2D eigenvalue weighted by Gasteiger charge is 2.01. The van der Waals surface area contributed by atoms with Crippen LogP contribution in [0.2, 0.25) is 0 Å². The zero-order chi connectivity index (χ0) is 13.7. The summed E-state index contributed by atoms with van der Waals surface area (Å²) in [5.41, 5.74) is 4.67. The third-order valence-corrected chi connectivity index (χ3v) is 3.34. The monoisotopic (exact) mass is 257 g/mol. The number of aryl methyl sites for hydroxylation is 2. The lowest BCUT2D eigenvalue weighted by molar-refractivity contribution is 0.597. The molecular formula is C17H20FN. The van der Waals surface area contributed by atoms with E-state index in [2.05, 4.69) is 37.4 Å². The summed E-state index contributed by atoms with van der Waals surface area (Å²) in [5.74, 6) is -0.115. The zero-order valence-electron chi connectivity index (χ0n) is 11.5. The molecule has 2 rings (SSSR count). The molecule has 0 fully saturated rings. The number of benzene rings is 2. The normalized spacial score (nSPS) is 10.7. The maximum absolute atomic E-state index is 13.4. The Morgan fingerprint density at radius 3 is 2.53 bits per heavy atom. The fourth-order valence-corrected chi connectivity index (χ4v) is 2.19. The van der Waals surface area contributed by atoms with Crippen LogP contribution in [-0.2, 0) is 13.0 Å². The number of nitrogens with one attached hydrogen (secondary N) is 1. The molecule has 0 bridgehead atoms. The van der Waals surface area contributed by atoms with Crippen LogP contribution in [0.4, 0.5) is 4.39 Å². The van der Waals surface area contributed by atoms with Crippen molar-refractivity contribution < 1.29 is 4.39 Å². The smallest absolute Gasteiger partial charge is 0.126 e. The van der Waals surface area contributed by atoms with Crippen molar-refractivity contribution in [3.8, 4) is 0 Å². The summed E-state index contributed by atoms with van der Waals surface area (Å²) in [6.45, 7) is 5.85. The highest BCUT2D eigenvalue weighted by molar-refractivity contribution is 5.30. The molecule has 100 valence electrons. The first kappa shape index (κ1) is 13.8. The molecule has 2 heteroatoms. The molecule has 0 amide bonds. The Hall–Kier alpha value is -1.67. The van der Waals surface area contributed by atoms with Crippen LogP contribution in [0.15, 0.2) is 42.5 Å². The van der Waals surface area contributed by atoms with E-state index in [-0.39, 0.29) is 5.82 Å². The second-order valence-electron chi connectivity index (χ2n) is 4.95. The second kappa shape index (κ2) is 6.48. The summed E-state index contributed by atoms with van der Waals surface area (Å²) < 4.78 is 13.4. The van der Waals surface area contributed by atoms with Crippen molar-refractivity contribution in [3.63, 3.8) is 0 Å². The Kier molecular flexibility index (Phi) is 4.69. The highest BCUT2D eigenvalue weighted by atomic mass is 19.1. The molecule has 0 aliphatic rings. The Bertz CT molecular complexity index is 549. The number of hydrogen-bond donors (Lipinski definition) is 1. The molecule has 0 aromatic heterocycles. The minimum atomic E-state index is -0.115. The lowest BCUT2D eigenvalue weighted by Gasteiger charge is -2.09. The van der Waals surface area contributed by atoms with Gasteiger partial charge in [-0.3, -0.25) is 0 Å². The van der Waals surface area contributed by atoms with Gasteiger partial charge >= 0.3 is 0 Å². The van der Waals surface area contributed by atoms with Crippen molar-refractivity contribution in [2.45, 2.75) is 26.8 Å². The van der Waals surface area contributed by atoms with Crippen molar-refractivity contribution in [1.82, 2.24) is 5.32 Å². The summed E-state index contributed by atoms with van der Waals surface area (Å²) >= 11 is 0. The van der Waals surface area contributed by atoms with Crippen LogP contribution < -0.4 is 5.32 Å². The van der Waals surface area contributed by atoms with Gasteiger partial charge < -0.3 is 5.32 Å². The summed E-state index contributed by atoms with van der Waals surface area (Å²) in [5, 5.41) is 3.37. The number of halogens is 1. The van der Waals surface area contributed by atoms with E-state index in [9.17, 15) is 4.39 Å². The van der Waals surface area contributed by atoms with E-state index in [1.165, 1.54) is 22.8 Å². The average molecular weight is 257 g/mol. The molecule has 0 heterocycles.